The van der Waals surface area contributed by atoms with E-state index in [1.54, 1.807) is 13.8 Å². The molecule has 0 N–H and O–H groups in total. The van der Waals surface area contributed by atoms with E-state index in [9.17, 15) is 9.59 Å². The highest BCUT2D eigenvalue weighted by Crippen LogP contribution is 2.19. The van der Waals surface area contributed by atoms with Gasteiger partial charge in [-0.05, 0) is 31.7 Å². The summed E-state index contributed by atoms with van der Waals surface area (Å²) in [4.78, 5) is 24.2. The van der Waals surface area contributed by atoms with E-state index < -0.39 is 11.9 Å². The van der Waals surface area contributed by atoms with Crippen LogP contribution in [0.2, 0.25) is 0 Å². The molecule has 0 spiro atoms. The fourth-order valence-corrected chi connectivity index (χ4v) is 1.97. The number of ether oxygens (including phenoxy) is 2. The number of carbonyl (C=O) groups is 2. The van der Waals surface area contributed by atoms with Gasteiger partial charge in [-0.1, -0.05) is 44.2 Å². The van der Waals surface area contributed by atoms with Crippen LogP contribution in [0.3, 0.4) is 0 Å². The average Bonchev–Trinajstić information content (AvgIpc) is 2.50. The molecule has 4 nitrogen and oxygen atoms in total. The van der Waals surface area contributed by atoms with Crippen molar-refractivity contribution in [1.82, 2.24) is 0 Å². The van der Waals surface area contributed by atoms with Gasteiger partial charge in [-0.3, -0.25) is 0 Å². The van der Waals surface area contributed by atoms with Gasteiger partial charge in [0.15, 0.2) is 0 Å². The largest absolute Gasteiger partial charge is 0.463 e. The van der Waals surface area contributed by atoms with Crippen LogP contribution in [0.1, 0.15) is 39.7 Å². The SMILES string of the molecule is CCOC(=O)/C(C)=C(/CC(C)C)C(=O)OCc1ccccc1. The van der Waals surface area contributed by atoms with E-state index in [0.29, 0.717) is 17.6 Å². The first-order valence-electron chi connectivity index (χ1n) is 7.53. The Morgan fingerprint density at radius 2 is 1.68 bits per heavy atom. The third-order valence-corrected chi connectivity index (χ3v) is 3.11. The molecule has 4 heteroatoms. The van der Waals surface area contributed by atoms with Gasteiger partial charge in [0.25, 0.3) is 0 Å². The molecule has 0 aromatic heterocycles. The molecule has 0 aliphatic carbocycles. The number of esters is 2. The summed E-state index contributed by atoms with van der Waals surface area (Å²) >= 11 is 0. The van der Waals surface area contributed by atoms with Crippen LogP contribution < -0.4 is 0 Å². The van der Waals surface area contributed by atoms with Gasteiger partial charge in [-0.15, -0.1) is 0 Å². The standard InChI is InChI=1S/C18H24O4/c1-5-21-17(19)14(4)16(11-13(2)3)18(20)22-12-15-9-7-6-8-10-15/h6-10,13H,5,11-12H2,1-4H3/b16-14-. The Kier molecular flexibility index (Phi) is 7.37. The molecule has 1 aromatic carbocycles. The van der Waals surface area contributed by atoms with Crippen LogP contribution in [0.4, 0.5) is 0 Å². The summed E-state index contributed by atoms with van der Waals surface area (Å²) in [5, 5.41) is 0. The number of hydrogen-bond acceptors (Lipinski definition) is 4. The topological polar surface area (TPSA) is 52.6 Å². The molecule has 0 amide bonds. The van der Waals surface area contributed by atoms with E-state index in [1.807, 2.05) is 44.2 Å². The monoisotopic (exact) mass is 304 g/mol. The van der Waals surface area contributed by atoms with Gasteiger partial charge in [0.2, 0.25) is 0 Å². The van der Waals surface area contributed by atoms with Crippen LogP contribution in [0.15, 0.2) is 41.5 Å². The molecular formula is C18H24O4. The zero-order chi connectivity index (χ0) is 16.5. The summed E-state index contributed by atoms with van der Waals surface area (Å²) in [6.07, 6.45) is 0.484. The highest BCUT2D eigenvalue weighted by molar-refractivity contribution is 6.00. The molecule has 0 atom stereocenters. The lowest BCUT2D eigenvalue weighted by Crippen LogP contribution is -2.16. The van der Waals surface area contributed by atoms with Crippen molar-refractivity contribution >= 4 is 11.9 Å². The molecule has 0 heterocycles. The van der Waals surface area contributed by atoms with E-state index >= 15 is 0 Å². The molecule has 0 aliphatic rings. The van der Waals surface area contributed by atoms with Gasteiger partial charge < -0.3 is 9.47 Å². The number of rotatable bonds is 7. The van der Waals surface area contributed by atoms with Crippen molar-refractivity contribution in [1.29, 1.82) is 0 Å². The first-order chi connectivity index (χ1) is 10.5. The second kappa shape index (κ2) is 9.03. The minimum absolute atomic E-state index is 0.192. The average molecular weight is 304 g/mol. The second-order valence-corrected chi connectivity index (χ2v) is 5.48. The number of benzene rings is 1. The third kappa shape index (κ3) is 5.72. The smallest absolute Gasteiger partial charge is 0.334 e. The highest BCUT2D eigenvalue weighted by Gasteiger charge is 2.21. The van der Waals surface area contributed by atoms with Crippen LogP contribution in [0.5, 0.6) is 0 Å². The maximum atomic E-state index is 12.3. The lowest BCUT2D eigenvalue weighted by Gasteiger charge is -2.13. The van der Waals surface area contributed by atoms with Crippen LogP contribution in [0, 0.1) is 5.92 Å². The molecule has 1 rings (SSSR count). The predicted molar refractivity (Wildman–Crippen MR) is 85.0 cm³/mol. The van der Waals surface area contributed by atoms with E-state index in [-0.39, 0.29) is 19.1 Å². The Balaban J connectivity index is 2.84. The fourth-order valence-electron chi connectivity index (χ4n) is 1.97. The van der Waals surface area contributed by atoms with Gasteiger partial charge in [0.05, 0.1) is 6.61 Å². The van der Waals surface area contributed by atoms with Crippen molar-refractivity contribution in [3.8, 4) is 0 Å². The highest BCUT2D eigenvalue weighted by atomic mass is 16.5. The van der Waals surface area contributed by atoms with E-state index in [0.717, 1.165) is 5.56 Å². The van der Waals surface area contributed by atoms with Gasteiger partial charge in [-0.25, -0.2) is 9.59 Å². The predicted octanol–water partition coefficient (Wildman–Crippen LogP) is 3.66. The molecular weight excluding hydrogens is 280 g/mol. The summed E-state index contributed by atoms with van der Waals surface area (Å²) in [5.41, 5.74) is 1.63. The minimum Gasteiger partial charge on any atom is -0.463 e. The minimum atomic E-state index is -0.463. The Hall–Kier alpha value is -2.10. The Morgan fingerprint density at radius 1 is 1.05 bits per heavy atom. The van der Waals surface area contributed by atoms with Crippen molar-refractivity contribution in [2.45, 2.75) is 40.7 Å². The van der Waals surface area contributed by atoms with Crippen molar-refractivity contribution in [3.63, 3.8) is 0 Å². The Morgan fingerprint density at radius 3 is 2.23 bits per heavy atom. The van der Waals surface area contributed by atoms with Crippen LogP contribution in [-0.2, 0) is 25.7 Å². The first-order valence-corrected chi connectivity index (χ1v) is 7.53. The normalized spacial score (nSPS) is 11.9. The lowest BCUT2D eigenvalue weighted by molar-refractivity contribution is -0.143. The molecule has 0 radical (unpaired) electrons. The van der Waals surface area contributed by atoms with E-state index in [1.165, 1.54) is 0 Å². The van der Waals surface area contributed by atoms with Crippen molar-refractivity contribution in [2.75, 3.05) is 6.61 Å². The maximum Gasteiger partial charge on any atom is 0.334 e. The molecule has 0 unspecified atom stereocenters. The van der Waals surface area contributed by atoms with Gasteiger partial charge in [0.1, 0.15) is 6.61 Å². The fraction of sp³-hybridized carbons (Fsp3) is 0.444. The van der Waals surface area contributed by atoms with Crippen molar-refractivity contribution in [2.24, 2.45) is 5.92 Å². The number of hydrogen-bond donors (Lipinski definition) is 0. The summed E-state index contributed by atoms with van der Waals surface area (Å²) in [6.45, 7) is 7.80. The maximum absolute atomic E-state index is 12.3. The van der Waals surface area contributed by atoms with Crippen molar-refractivity contribution in [3.05, 3.63) is 47.0 Å². The Labute approximate surface area is 132 Å². The lowest BCUT2D eigenvalue weighted by atomic mass is 9.98. The van der Waals surface area contributed by atoms with Gasteiger partial charge >= 0.3 is 11.9 Å². The molecule has 0 saturated heterocycles. The summed E-state index contributed by atoms with van der Waals surface area (Å²) in [6, 6.07) is 9.45. The van der Waals surface area contributed by atoms with Gasteiger partial charge in [0, 0.05) is 11.1 Å². The molecule has 0 fully saturated rings. The molecule has 0 aliphatic heterocycles. The van der Waals surface area contributed by atoms with Crippen LogP contribution in [0.25, 0.3) is 0 Å². The van der Waals surface area contributed by atoms with Crippen LogP contribution in [-0.4, -0.2) is 18.5 Å². The quantitative estimate of drug-likeness (QED) is 0.570. The number of carbonyl (C=O) groups excluding carboxylic acids is 2. The summed E-state index contributed by atoms with van der Waals surface area (Å²) < 4.78 is 10.3. The summed E-state index contributed by atoms with van der Waals surface area (Å²) in [7, 11) is 0. The van der Waals surface area contributed by atoms with Gasteiger partial charge in [-0.2, -0.15) is 0 Å². The second-order valence-electron chi connectivity index (χ2n) is 5.48. The molecule has 0 saturated carbocycles. The molecule has 22 heavy (non-hydrogen) atoms. The molecule has 120 valence electrons. The Bertz CT molecular complexity index is 529. The zero-order valence-electron chi connectivity index (χ0n) is 13.7. The zero-order valence-corrected chi connectivity index (χ0v) is 13.7. The third-order valence-electron chi connectivity index (χ3n) is 3.11. The first kappa shape index (κ1) is 18.0. The van der Waals surface area contributed by atoms with E-state index in [4.69, 9.17) is 9.47 Å². The van der Waals surface area contributed by atoms with Crippen LogP contribution >= 0.6 is 0 Å². The van der Waals surface area contributed by atoms with E-state index in [2.05, 4.69) is 0 Å². The molecule has 1 aromatic rings. The van der Waals surface area contributed by atoms with Crippen molar-refractivity contribution < 1.29 is 19.1 Å². The molecule has 0 bridgehead atoms. The summed E-state index contributed by atoms with van der Waals surface area (Å²) in [5.74, 6) is -0.679.